The summed E-state index contributed by atoms with van der Waals surface area (Å²) in [6.07, 6.45) is 2.36. The van der Waals surface area contributed by atoms with Crippen LogP contribution in [0.4, 0.5) is 0 Å². The summed E-state index contributed by atoms with van der Waals surface area (Å²) >= 11 is 0. The van der Waals surface area contributed by atoms with Crippen molar-refractivity contribution in [3.63, 3.8) is 0 Å². The van der Waals surface area contributed by atoms with Gasteiger partial charge in [-0.1, -0.05) is 0 Å². The molecule has 15 heavy (non-hydrogen) atoms. The summed E-state index contributed by atoms with van der Waals surface area (Å²) in [6, 6.07) is -0.0774. The van der Waals surface area contributed by atoms with E-state index in [2.05, 4.69) is 4.72 Å². The molecule has 2 N–H and O–H groups in total. The molecular formula is C9H17NO4S. The number of aliphatic hydroxyl groups excluding tert-OH is 1. The van der Waals surface area contributed by atoms with Crippen LogP contribution >= 0.6 is 0 Å². The van der Waals surface area contributed by atoms with E-state index in [0.29, 0.717) is 19.4 Å². The Hall–Kier alpha value is -0.170. The van der Waals surface area contributed by atoms with Crippen LogP contribution in [0.15, 0.2) is 0 Å². The Labute approximate surface area is 89.9 Å². The van der Waals surface area contributed by atoms with Crippen LogP contribution in [0.3, 0.4) is 0 Å². The molecule has 0 aromatic heterocycles. The fraction of sp³-hybridized carbons (Fsp3) is 1.00. The smallest absolute Gasteiger partial charge is 0.214 e. The number of hydrogen-bond donors (Lipinski definition) is 2. The minimum atomic E-state index is -3.23. The largest absolute Gasteiger partial charge is 0.393 e. The van der Waals surface area contributed by atoms with Crippen LogP contribution in [0, 0.1) is 0 Å². The van der Waals surface area contributed by atoms with Gasteiger partial charge in [0.05, 0.1) is 18.0 Å². The molecule has 2 rings (SSSR count). The van der Waals surface area contributed by atoms with E-state index in [1.807, 2.05) is 0 Å². The highest BCUT2D eigenvalue weighted by atomic mass is 32.2. The summed E-state index contributed by atoms with van der Waals surface area (Å²) in [5.41, 5.74) is 0. The SMILES string of the molecule is O=S(=O)(CC1CCCO1)NC1CC(O)C1. The van der Waals surface area contributed by atoms with Crippen LogP contribution in [0.2, 0.25) is 0 Å². The van der Waals surface area contributed by atoms with Crippen LogP contribution < -0.4 is 4.72 Å². The molecule has 0 bridgehead atoms. The number of ether oxygens (including phenoxy) is 1. The number of hydrogen-bond acceptors (Lipinski definition) is 4. The molecule has 1 saturated heterocycles. The molecule has 1 atom stereocenters. The van der Waals surface area contributed by atoms with Gasteiger partial charge in [-0.2, -0.15) is 0 Å². The van der Waals surface area contributed by atoms with E-state index in [0.717, 1.165) is 12.8 Å². The minimum absolute atomic E-state index is 0.0552. The Morgan fingerprint density at radius 3 is 2.67 bits per heavy atom. The lowest BCUT2D eigenvalue weighted by molar-refractivity contribution is 0.0709. The van der Waals surface area contributed by atoms with Crippen LogP contribution in [0.1, 0.15) is 25.7 Å². The number of rotatable bonds is 4. The van der Waals surface area contributed by atoms with Gasteiger partial charge in [-0.3, -0.25) is 0 Å². The molecule has 1 aliphatic heterocycles. The predicted octanol–water partition coefficient (Wildman–Crippen LogP) is -0.392. The van der Waals surface area contributed by atoms with Crippen molar-refractivity contribution in [1.82, 2.24) is 4.72 Å². The first-order valence-corrected chi connectivity index (χ1v) is 7.00. The van der Waals surface area contributed by atoms with Gasteiger partial charge in [-0.15, -0.1) is 0 Å². The van der Waals surface area contributed by atoms with Gasteiger partial charge < -0.3 is 9.84 Å². The third kappa shape index (κ3) is 3.14. The maximum absolute atomic E-state index is 11.6. The van der Waals surface area contributed by atoms with Gasteiger partial charge >= 0.3 is 0 Å². The normalized spacial score (nSPS) is 36.5. The van der Waals surface area contributed by atoms with Crippen LogP contribution in [0.5, 0.6) is 0 Å². The molecule has 5 nitrogen and oxygen atoms in total. The molecule has 0 aromatic carbocycles. The highest BCUT2D eigenvalue weighted by molar-refractivity contribution is 7.89. The number of sulfonamides is 1. The quantitative estimate of drug-likeness (QED) is 0.696. The first kappa shape index (κ1) is 11.3. The second-order valence-corrected chi connectivity index (χ2v) is 6.15. The molecule has 1 aliphatic carbocycles. The van der Waals surface area contributed by atoms with Crippen molar-refractivity contribution in [3.05, 3.63) is 0 Å². The molecular weight excluding hydrogens is 218 g/mol. The van der Waals surface area contributed by atoms with E-state index >= 15 is 0 Å². The zero-order valence-corrected chi connectivity index (χ0v) is 9.37. The molecule has 0 aromatic rings. The van der Waals surface area contributed by atoms with Gasteiger partial charge in [0, 0.05) is 12.6 Å². The Kier molecular flexibility index (Phi) is 3.30. The predicted molar refractivity (Wildman–Crippen MR) is 54.9 cm³/mol. The molecule has 1 unspecified atom stereocenters. The van der Waals surface area contributed by atoms with Crippen molar-refractivity contribution in [1.29, 1.82) is 0 Å². The topological polar surface area (TPSA) is 75.6 Å². The van der Waals surface area contributed by atoms with E-state index in [1.165, 1.54) is 0 Å². The standard InChI is InChI=1S/C9H17NO4S/c11-8-4-7(5-8)10-15(12,13)6-9-2-1-3-14-9/h7-11H,1-6H2. The van der Waals surface area contributed by atoms with Gasteiger partial charge in [0.15, 0.2) is 0 Å². The lowest BCUT2D eigenvalue weighted by atomic mass is 9.91. The Bertz CT molecular complexity index is 304. The first-order chi connectivity index (χ1) is 7.05. The van der Waals surface area contributed by atoms with Gasteiger partial charge in [0.2, 0.25) is 10.0 Å². The third-order valence-electron chi connectivity index (χ3n) is 2.89. The Morgan fingerprint density at radius 2 is 2.13 bits per heavy atom. The molecule has 0 spiro atoms. The molecule has 88 valence electrons. The summed E-state index contributed by atoms with van der Waals surface area (Å²) in [7, 11) is -3.23. The van der Waals surface area contributed by atoms with Crippen molar-refractivity contribution < 1.29 is 18.3 Å². The zero-order chi connectivity index (χ0) is 10.9. The Morgan fingerprint density at radius 1 is 1.40 bits per heavy atom. The van der Waals surface area contributed by atoms with Gasteiger partial charge in [0.1, 0.15) is 0 Å². The van der Waals surface area contributed by atoms with Crippen LogP contribution in [-0.2, 0) is 14.8 Å². The molecule has 2 fully saturated rings. The fourth-order valence-corrected chi connectivity index (χ4v) is 3.56. The van der Waals surface area contributed by atoms with E-state index in [-0.39, 0.29) is 24.0 Å². The molecule has 0 amide bonds. The first-order valence-electron chi connectivity index (χ1n) is 5.35. The summed E-state index contributed by atoms with van der Waals surface area (Å²) in [5, 5.41) is 9.04. The lowest BCUT2D eigenvalue weighted by Crippen LogP contribution is -2.48. The maximum Gasteiger partial charge on any atom is 0.214 e. The molecule has 6 heteroatoms. The zero-order valence-electron chi connectivity index (χ0n) is 8.55. The lowest BCUT2D eigenvalue weighted by Gasteiger charge is -2.31. The van der Waals surface area contributed by atoms with Crippen LogP contribution in [-0.4, -0.2) is 44.1 Å². The van der Waals surface area contributed by atoms with Gasteiger partial charge in [-0.05, 0) is 25.7 Å². The highest BCUT2D eigenvalue weighted by Crippen LogP contribution is 2.21. The molecule has 1 saturated carbocycles. The van der Waals surface area contributed by atoms with E-state index in [4.69, 9.17) is 9.84 Å². The second kappa shape index (κ2) is 4.37. The number of aliphatic hydroxyl groups is 1. The van der Waals surface area contributed by atoms with Crippen molar-refractivity contribution in [2.45, 2.75) is 43.9 Å². The molecule has 1 heterocycles. The summed E-state index contributed by atoms with van der Waals surface area (Å²) in [5.74, 6) is 0.0552. The van der Waals surface area contributed by atoms with Gasteiger partial charge in [0.25, 0.3) is 0 Å². The maximum atomic E-state index is 11.6. The summed E-state index contributed by atoms with van der Waals surface area (Å²) < 4.78 is 31.1. The van der Waals surface area contributed by atoms with E-state index in [1.54, 1.807) is 0 Å². The monoisotopic (exact) mass is 235 g/mol. The second-order valence-electron chi connectivity index (χ2n) is 4.36. The average molecular weight is 235 g/mol. The van der Waals surface area contributed by atoms with Crippen molar-refractivity contribution in [3.8, 4) is 0 Å². The van der Waals surface area contributed by atoms with Crippen LogP contribution in [0.25, 0.3) is 0 Å². The summed E-state index contributed by atoms with van der Waals surface area (Å²) in [6.45, 7) is 0.669. The van der Waals surface area contributed by atoms with Crippen molar-refractivity contribution in [2.75, 3.05) is 12.4 Å². The third-order valence-corrected chi connectivity index (χ3v) is 4.39. The van der Waals surface area contributed by atoms with Crippen molar-refractivity contribution in [2.24, 2.45) is 0 Å². The molecule has 2 aliphatic rings. The molecule has 0 radical (unpaired) electrons. The summed E-state index contributed by atoms with van der Waals surface area (Å²) in [4.78, 5) is 0. The minimum Gasteiger partial charge on any atom is -0.393 e. The van der Waals surface area contributed by atoms with E-state index in [9.17, 15) is 8.42 Å². The average Bonchev–Trinajstić information content (AvgIpc) is 2.52. The fourth-order valence-electron chi connectivity index (χ4n) is 2.01. The Balaban J connectivity index is 1.78. The highest BCUT2D eigenvalue weighted by Gasteiger charge is 2.32. The van der Waals surface area contributed by atoms with Gasteiger partial charge in [-0.25, -0.2) is 13.1 Å². The number of nitrogens with one attached hydrogen (secondary N) is 1. The van der Waals surface area contributed by atoms with Crippen molar-refractivity contribution >= 4 is 10.0 Å². The van der Waals surface area contributed by atoms with E-state index < -0.39 is 10.0 Å².